The maximum atomic E-state index is 9.16. The second-order valence-corrected chi connectivity index (χ2v) is 2.39. The van der Waals surface area contributed by atoms with E-state index in [1.807, 2.05) is 0 Å². The molecule has 10 heavy (non-hydrogen) atoms. The van der Waals surface area contributed by atoms with Gasteiger partial charge in [0.25, 0.3) is 0 Å². The molecule has 1 aliphatic rings. The number of methoxy groups -OCH3 is 1. The van der Waals surface area contributed by atoms with E-state index in [1.54, 1.807) is 0 Å². The van der Waals surface area contributed by atoms with Crippen LogP contribution in [0.15, 0.2) is 0 Å². The van der Waals surface area contributed by atoms with Crippen molar-refractivity contribution < 1.29 is 9.84 Å². The minimum Gasteiger partial charge on any atom is -0.367 e. The maximum absolute atomic E-state index is 9.16. The topological polar surface area (TPSA) is 53.5 Å². The van der Waals surface area contributed by atoms with E-state index >= 15 is 0 Å². The molecule has 3 N–H and O–H groups in total. The normalized spacial score (nSPS) is 30.0. The molecule has 60 valence electrons. The van der Waals surface area contributed by atoms with E-state index in [-0.39, 0.29) is 6.04 Å². The van der Waals surface area contributed by atoms with Gasteiger partial charge < -0.3 is 20.5 Å². The van der Waals surface area contributed by atoms with E-state index in [9.17, 15) is 0 Å². The third-order valence-corrected chi connectivity index (χ3v) is 1.66. The minimum atomic E-state index is -0.687. The van der Waals surface area contributed by atoms with Crippen molar-refractivity contribution in [3.63, 3.8) is 0 Å². The molecule has 4 nitrogen and oxygen atoms in total. The van der Waals surface area contributed by atoms with Crippen molar-refractivity contribution in [2.24, 2.45) is 0 Å². The van der Waals surface area contributed by atoms with Gasteiger partial charge in [-0.15, -0.1) is 0 Å². The van der Waals surface area contributed by atoms with Crippen molar-refractivity contribution >= 4 is 0 Å². The number of hydrogen-bond donors (Lipinski definition) is 3. The van der Waals surface area contributed by atoms with E-state index in [0.29, 0.717) is 0 Å². The summed E-state index contributed by atoms with van der Waals surface area (Å²) in [7, 11) is 1.50. The summed E-state index contributed by atoms with van der Waals surface area (Å²) in [6, 6.07) is 0.0405. The number of aliphatic hydroxyl groups excluding tert-OH is 1. The molecule has 2 unspecified atom stereocenters. The molecule has 1 heterocycles. The smallest absolute Gasteiger partial charge is 0.170 e. The molecule has 0 amide bonds. The number of rotatable bonds is 2. The average Bonchev–Trinajstić information content (AvgIpc) is 2.05. The number of nitrogens with one attached hydrogen (secondary N) is 2. The molecule has 0 spiro atoms. The zero-order chi connectivity index (χ0) is 7.40. The Morgan fingerprint density at radius 1 is 1.60 bits per heavy atom. The van der Waals surface area contributed by atoms with Crippen LogP contribution in [0.2, 0.25) is 0 Å². The number of aliphatic hydroxyl groups is 1. The van der Waals surface area contributed by atoms with E-state index in [0.717, 1.165) is 19.6 Å². The Labute approximate surface area is 60.6 Å². The molecule has 0 aromatic rings. The van der Waals surface area contributed by atoms with Gasteiger partial charge >= 0.3 is 0 Å². The van der Waals surface area contributed by atoms with Crippen molar-refractivity contribution in [2.45, 2.75) is 12.3 Å². The van der Waals surface area contributed by atoms with Crippen LogP contribution in [-0.4, -0.2) is 44.2 Å². The lowest BCUT2D eigenvalue weighted by atomic mass is 10.2. The van der Waals surface area contributed by atoms with Gasteiger partial charge in [-0.2, -0.15) is 0 Å². The van der Waals surface area contributed by atoms with E-state index < -0.39 is 6.29 Å². The van der Waals surface area contributed by atoms with Crippen LogP contribution in [0.3, 0.4) is 0 Å². The minimum absolute atomic E-state index is 0.0405. The molecule has 0 aromatic carbocycles. The predicted octanol–water partition coefficient (Wildman–Crippen LogP) is -1.49. The highest BCUT2D eigenvalue weighted by Crippen LogP contribution is 1.94. The van der Waals surface area contributed by atoms with Crippen LogP contribution in [0.5, 0.6) is 0 Å². The van der Waals surface area contributed by atoms with Crippen LogP contribution in [0.1, 0.15) is 0 Å². The summed E-state index contributed by atoms with van der Waals surface area (Å²) in [6.07, 6.45) is -0.687. The second kappa shape index (κ2) is 3.88. The summed E-state index contributed by atoms with van der Waals surface area (Å²) < 4.78 is 4.74. The molecule has 0 aliphatic carbocycles. The van der Waals surface area contributed by atoms with Gasteiger partial charge in [0, 0.05) is 26.7 Å². The van der Waals surface area contributed by atoms with Crippen molar-refractivity contribution in [3.05, 3.63) is 0 Å². The Morgan fingerprint density at radius 2 is 2.40 bits per heavy atom. The molecular weight excluding hydrogens is 132 g/mol. The average molecular weight is 146 g/mol. The lowest BCUT2D eigenvalue weighted by Crippen LogP contribution is -2.54. The van der Waals surface area contributed by atoms with Crippen LogP contribution in [0.4, 0.5) is 0 Å². The lowest BCUT2D eigenvalue weighted by Gasteiger charge is -2.27. The lowest BCUT2D eigenvalue weighted by molar-refractivity contribution is -0.0983. The van der Waals surface area contributed by atoms with Crippen LogP contribution in [0.25, 0.3) is 0 Å². The molecule has 2 atom stereocenters. The summed E-state index contributed by atoms with van der Waals surface area (Å²) in [5.74, 6) is 0. The first-order valence-corrected chi connectivity index (χ1v) is 3.49. The summed E-state index contributed by atoms with van der Waals surface area (Å²) in [6.45, 7) is 2.63. The van der Waals surface area contributed by atoms with Crippen LogP contribution < -0.4 is 10.6 Å². The van der Waals surface area contributed by atoms with Gasteiger partial charge in [-0.3, -0.25) is 0 Å². The molecular formula is C6H14N2O2. The molecule has 0 saturated carbocycles. The van der Waals surface area contributed by atoms with Gasteiger partial charge in [-0.05, 0) is 0 Å². The zero-order valence-electron chi connectivity index (χ0n) is 6.13. The van der Waals surface area contributed by atoms with Crippen molar-refractivity contribution in [1.82, 2.24) is 10.6 Å². The van der Waals surface area contributed by atoms with Gasteiger partial charge in [0.2, 0.25) is 0 Å². The monoisotopic (exact) mass is 146 g/mol. The van der Waals surface area contributed by atoms with Gasteiger partial charge in [-0.1, -0.05) is 0 Å². The summed E-state index contributed by atoms with van der Waals surface area (Å²) >= 11 is 0. The fourth-order valence-corrected chi connectivity index (χ4v) is 1.04. The van der Waals surface area contributed by atoms with Crippen LogP contribution in [-0.2, 0) is 4.74 Å². The van der Waals surface area contributed by atoms with Crippen LogP contribution in [0, 0.1) is 0 Å². The van der Waals surface area contributed by atoms with Crippen LogP contribution >= 0.6 is 0 Å². The molecule has 0 aromatic heterocycles. The van der Waals surface area contributed by atoms with Crippen molar-refractivity contribution in [1.29, 1.82) is 0 Å². The first kappa shape index (κ1) is 7.94. The zero-order valence-corrected chi connectivity index (χ0v) is 6.13. The third kappa shape index (κ3) is 1.91. The summed E-state index contributed by atoms with van der Waals surface area (Å²) in [5, 5.41) is 15.4. The Bertz CT molecular complexity index is 93.7. The van der Waals surface area contributed by atoms with Crippen molar-refractivity contribution in [3.8, 4) is 0 Å². The van der Waals surface area contributed by atoms with E-state index in [2.05, 4.69) is 10.6 Å². The highest BCUT2D eigenvalue weighted by molar-refractivity contribution is 4.77. The third-order valence-electron chi connectivity index (χ3n) is 1.66. The van der Waals surface area contributed by atoms with Gasteiger partial charge in [-0.25, -0.2) is 0 Å². The quantitative estimate of drug-likeness (QED) is 0.416. The first-order chi connectivity index (χ1) is 4.84. The number of ether oxygens (including phenoxy) is 1. The molecule has 1 saturated heterocycles. The number of piperazine rings is 1. The molecule has 0 radical (unpaired) electrons. The Morgan fingerprint density at radius 3 is 2.90 bits per heavy atom. The summed E-state index contributed by atoms with van der Waals surface area (Å²) in [4.78, 5) is 0. The maximum Gasteiger partial charge on any atom is 0.170 e. The fourth-order valence-electron chi connectivity index (χ4n) is 1.04. The number of hydrogen-bond acceptors (Lipinski definition) is 4. The Balaban J connectivity index is 2.24. The Kier molecular flexibility index (Phi) is 3.08. The fraction of sp³-hybridized carbons (Fsp3) is 1.00. The van der Waals surface area contributed by atoms with E-state index in [4.69, 9.17) is 9.84 Å². The molecule has 1 aliphatic heterocycles. The van der Waals surface area contributed by atoms with Crippen molar-refractivity contribution in [2.75, 3.05) is 26.7 Å². The molecule has 0 bridgehead atoms. The SMILES string of the molecule is COC(O)C1CNCCN1. The Hall–Kier alpha value is -0.160. The van der Waals surface area contributed by atoms with E-state index in [1.165, 1.54) is 7.11 Å². The molecule has 1 fully saturated rings. The highest BCUT2D eigenvalue weighted by Gasteiger charge is 2.19. The molecule has 1 rings (SSSR count). The van der Waals surface area contributed by atoms with Gasteiger partial charge in [0.1, 0.15) is 0 Å². The largest absolute Gasteiger partial charge is 0.367 e. The predicted molar refractivity (Wildman–Crippen MR) is 37.7 cm³/mol. The standard InChI is InChI=1S/C6H14N2O2/c1-10-6(9)5-4-7-2-3-8-5/h5-9H,2-4H2,1H3. The summed E-state index contributed by atoms with van der Waals surface area (Å²) in [5.41, 5.74) is 0. The first-order valence-electron chi connectivity index (χ1n) is 3.49. The van der Waals surface area contributed by atoms with Gasteiger partial charge in [0.05, 0.1) is 6.04 Å². The second-order valence-electron chi connectivity index (χ2n) is 2.39. The van der Waals surface area contributed by atoms with Gasteiger partial charge in [0.15, 0.2) is 6.29 Å². The highest BCUT2D eigenvalue weighted by atomic mass is 16.6. The molecule has 4 heteroatoms.